The number of hydrogen-bond donors (Lipinski definition) is 2. The Labute approximate surface area is 115 Å². The molecule has 0 radical (unpaired) electrons. The van der Waals surface area contributed by atoms with Crippen LogP contribution in [-0.2, 0) is 6.42 Å². The van der Waals surface area contributed by atoms with Gasteiger partial charge in [-0.1, -0.05) is 6.07 Å². The summed E-state index contributed by atoms with van der Waals surface area (Å²) in [6.07, 6.45) is 2.27. The molecule has 3 N–H and O–H groups in total. The van der Waals surface area contributed by atoms with E-state index in [2.05, 4.69) is 16.3 Å². The number of rotatable bonds is 6. The van der Waals surface area contributed by atoms with Crippen molar-refractivity contribution < 1.29 is 4.74 Å². The first-order chi connectivity index (χ1) is 9.29. The van der Waals surface area contributed by atoms with Crippen molar-refractivity contribution >= 4 is 5.69 Å². The monoisotopic (exact) mass is 263 g/mol. The van der Waals surface area contributed by atoms with Crippen LogP contribution in [0.25, 0.3) is 0 Å². The van der Waals surface area contributed by atoms with E-state index in [9.17, 15) is 0 Å². The third-order valence-electron chi connectivity index (χ3n) is 3.52. The Bertz CT molecular complexity index is 389. The van der Waals surface area contributed by atoms with Crippen LogP contribution in [0.2, 0.25) is 0 Å². The van der Waals surface area contributed by atoms with Gasteiger partial charge in [0.05, 0.1) is 12.3 Å². The summed E-state index contributed by atoms with van der Waals surface area (Å²) >= 11 is 0. The molecule has 1 saturated heterocycles. The van der Waals surface area contributed by atoms with Gasteiger partial charge in [0.25, 0.3) is 0 Å². The predicted molar refractivity (Wildman–Crippen MR) is 79.7 cm³/mol. The summed E-state index contributed by atoms with van der Waals surface area (Å²) in [5.74, 6) is 0.799. The van der Waals surface area contributed by atoms with Gasteiger partial charge in [-0.15, -0.1) is 0 Å². The quantitative estimate of drug-likeness (QED) is 0.764. The van der Waals surface area contributed by atoms with Crippen molar-refractivity contribution in [1.29, 1.82) is 0 Å². The summed E-state index contributed by atoms with van der Waals surface area (Å²) in [5.41, 5.74) is 8.03. The van der Waals surface area contributed by atoms with Gasteiger partial charge in [0.2, 0.25) is 0 Å². The summed E-state index contributed by atoms with van der Waals surface area (Å²) < 4.78 is 5.45. The number of anilines is 1. The van der Waals surface area contributed by atoms with E-state index in [0.29, 0.717) is 6.61 Å². The molecular formula is C15H25N3O. The lowest BCUT2D eigenvalue weighted by Gasteiger charge is -2.27. The van der Waals surface area contributed by atoms with Crippen molar-refractivity contribution in [3.63, 3.8) is 0 Å². The second kappa shape index (κ2) is 7.36. The number of nitrogens with two attached hydrogens (primary N) is 1. The summed E-state index contributed by atoms with van der Waals surface area (Å²) in [5, 5.41) is 3.38. The fraction of sp³-hybridized carbons (Fsp3) is 0.600. The molecule has 1 heterocycles. The third-order valence-corrected chi connectivity index (χ3v) is 3.52. The molecule has 2 rings (SSSR count). The van der Waals surface area contributed by atoms with Gasteiger partial charge in [-0.05, 0) is 44.0 Å². The van der Waals surface area contributed by atoms with Crippen LogP contribution in [-0.4, -0.2) is 44.2 Å². The highest BCUT2D eigenvalue weighted by Crippen LogP contribution is 2.23. The first-order valence-corrected chi connectivity index (χ1v) is 7.24. The summed E-state index contributed by atoms with van der Waals surface area (Å²) in [7, 11) is 0. The van der Waals surface area contributed by atoms with E-state index in [0.717, 1.165) is 30.9 Å². The second-order valence-corrected chi connectivity index (χ2v) is 5.00. The Balaban J connectivity index is 1.77. The van der Waals surface area contributed by atoms with Crippen LogP contribution in [0.4, 0.5) is 5.69 Å². The minimum atomic E-state index is 0.659. The Morgan fingerprint density at radius 3 is 2.79 bits per heavy atom. The van der Waals surface area contributed by atoms with Crippen molar-refractivity contribution in [2.75, 3.05) is 45.1 Å². The molecule has 4 heteroatoms. The van der Waals surface area contributed by atoms with Crippen LogP contribution < -0.4 is 15.8 Å². The standard InChI is InChI=1S/C15H25N3O/c1-2-19-15-6-5-13(12-14(15)16)4-3-9-18-10-7-17-8-11-18/h5-6,12,17H,2-4,7-11,16H2,1H3. The van der Waals surface area contributed by atoms with Crippen LogP contribution in [0.5, 0.6) is 5.75 Å². The number of benzene rings is 1. The lowest BCUT2D eigenvalue weighted by atomic mass is 10.1. The highest BCUT2D eigenvalue weighted by atomic mass is 16.5. The number of hydrogen-bond acceptors (Lipinski definition) is 4. The Morgan fingerprint density at radius 2 is 2.11 bits per heavy atom. The van der Waals surface area contributed by atoms with Gasteiger partial charge >= 0.3 is 0 Å². The molecule has 1 aliphatic rings. The molecule has 1 aromatic carbocycles. The van der Waals surface area contributed by atoms with Gasteiger partial charge in [0, 0.05) is 26.2 Å². The SMILES string of the molecule is CCOc1ccc(CCCN2CCNCC2)cc1N. The van der Waals surface area contributed by atoms with E-state index < -0.39 is 0 Å². The van der Waals surface area contributed by atoms with Crippen molar-refractivity contribution in [2.24, 2.45) is 0 Å². The zero-order valence-corrected chi connectivity index (χ0v) is 11.8. The fourth-order valence-corrected chi connectivity index (χ4v) is 2.48. The van der Waals surface area contributed by atoms with Gasteiger partial charge < -0.3 is 20.7 Å². The average Bonchev–Trinajstić information content (AvgIpc) is 2.43. The lowest BCUT2D eigenvalue weighted by Crippen LogP contribution is -2.43. The van der Waals surface area contributed by atoms with Crippen LogP contribution >= 0.6 is 0 Å². The van der Waals surface area contributed by atoms with Crippen LogP contribution in [0, 0.1) is 0 Å². The Morgan fingerprint density at radius 1 is 1.32 bits per heavy atom. The summed E-state index contributed by atoms with van der Waals surface area (Å²) in [4.78, 5) is 2.52. The van der Waals surface area contributed by atoms with E-state index in [1.54, 1.807) is 0 Å². The molecule has 106 valence electrons. The molecular weight excluding hydrogens is 238 g/mol. The van der Waals surface area contributed by atoms with Gasteiger partial charge in [-0.2, -0.15) is 0 Å². The van der Waals surface area contributed by atoms with Crippen LogP contribution in [0.1, 0.15) is 18.9 Å². The zero-order chi connectivity index (χ0) is 13.5. The molecule has 1 aliphatic heterocycles. The van der Waals surface area contributed by atoms with Crippen molar-refractivity contribution in [1.82, 2.24) is 10.2 Å². The minimum absolute atomic E-state index is 0.659. The smallest absolute Gasteiger partial charge is 0.142 e. The van der Waals surface area contributed by atoms with E-state index in [1.807, 2.05) is 19.1 Å². The number of ether oxygens (including phenoxy) is 1. The summed E-state index contributed by atoms with van der Waals surface area (Å²) in [6.45, 7) is 8.39. The van der Waals surface area contributed by atoms with Gasteiger partial charge in [0.1, 0.15) is 5.75 Å². The van der Waals surface area contributed by atoms with Crippen molar-refractivity contribution in [3.05, 3.63) is 23.8 Å². The molecule has 0 aromatic heterocycles. The molecule has 0 unspecified atom stereocenters. The predicted octanol–water partition coefficient (Wildman–Crippen LogP) is 1.51. The molecule has 1 fully saturated rings. The van der Waals surface area contributed by atoms with E-state index in [-0.39, 0.29) is 0 Å². The molecule has 0 atom stereocenters. The van der Waals surface area contributed by atoms with Gasteiger partial charge in [-0.3, -0.25) is 0 Å². The Kier molecular flexibility index (Phi) is 5.48. The Hall–Kier alpha value is -1.26. The molecule has 1 aromatic rings. The van der Waals surface area contributed by atoms with Crippen molar-refractivity contribution in [2.45, 2.75) is 19.8 Å². The van der Waals surface area contributed by atoms with E-state index >= 15 is 0 Å². The van der Waals surface area contributed by atoms with Crippen LogP contribution in [0.3, 0.4) is 0 Å². The number of nitrogens with one attached hydrogen (secondary N) is 1. The van der Waals surface area contributed by atoms with E-state index in [1.165, 1.54) is 31.6 Å². The highest BCUT2D eigenvalue weighted by molar-refractivity contribution is 5.54. The fourth-order valence-electron chi connectivity index (χ4n) is 2.48. The van der Waals surface area contributed by atoms with Crippen molar-refractivity contribution in [3.8, 4) is 5.75 Å². The average molecular weight is 263 g/mol. The maximum atomic E-state index is 5.98. The maximum absolute atomic E-state index is 5.98. The molecule has 4 nitrogen and oxygen atoms in total. The number of nitrogen functional groups attached to an aromatic ring is 1. The topological polar surface area (TPSA) is 50.5 Å². The number of piperazine rings is 1. The van der Waals surface area contributed by atoms with E-state index in [4.69, 9.17) is 10.5 Å². The lowest BCUT2D eigenvalue weighted by molar-refractivity contribution is 0.238. The number of aryl methyl sites for hydroxylation is 1. The molecule has 19 heavy (non-hydrogen) atoms. The first-order valence-electron chi connectivity index (χ1n) is 7.24. The summed E-state index contributed by atoms with van der Waals surface area (Å²) in [6, 6.07) is 6.15. The third kappa shape index (κ3) is 4.40. The first kappa shape index (κ1) is 14.2. The largest absolute Gasteiger partial charge is 0.492 e. The normalized spacial score (nSPS) is 16.5. The molecule has 0 saturated carbocycles. The van der Waals surface area contributed by atoms with Gasteiger partial charge in [-0.25, -0.2) is 0 Å². The minimum Gasteiger partial charge on any atom is -0.492 e. The number of nitrogens with zero attached hydrogens (tertiary/aromatic N) is 1. The van der Waals surface area contributed by atoms with Crippen LogP contribution in [0.15, 0.2) is 18.2 Å². The highest BCUT2D eigenvalue weighted by Gasteiger charge is 2.08. The molecule has 0 amide bonds. The zero-order valence-electron chi connectivity index (χ0n) is 11.8. The molecule has 0 aliphatic carbocycles. The van der Waals surface area contributed by atoms with Gasteiger partial charge in [0.15, 0.2) is 0 Å². The second-order valence-electron chi connectivity index (χ2n) is 5.00. The molecule has 0 spiro atoms. The molecule has 0 bridgehead atoms. The maximum Gasteiger partial charge on any atom is 0.142 e.